The maximum absolute atomic E-state index is 13.6. The molecule has 0 spiro atoms. The quantitative estimate of drug-likeness (QED) is 0.154. The monoisotopic (exact) mass is 553 g/mol. The summed E-state index contributed by atoms with van der Waals surface area (Å²) in [5, 5.41) is 21.1. The Kier molecular flexibility index (Phi) is 6.90. The molecule has 1 atom stereocenters. The topological polar surface area (TPSA) is 133 Å². The molecule has 210 valence electrons. The van der Waals surface area contributed by atoms with E-state index in [1.165, 1.54) is 23.1 Å². The van der Waals surface area contributed by atoms with Crippen molar-refractivity contribution >= 4 is 40.4 Å². The number of hydrogen-bond donors (Lipinski definition) is 3. The number of nitrogens with one attached hydrogen (secondary N) is 1. The highest BCUT2D eigenvalue weighted by atomic mass is 16.5. The number of Topliss-reactive ketones (excluding diaryl/α,β-unsaturated/α-hetero) is 1. The molecule has 2 heterocycles. The molecule has 9 nitrogen and oxygen atoms in total. The molecule has 41 heavy (non-hydrogen) atoms. The van der Waals surface area contributed by atoms with E-state index in [2.05, 4.69) is 9.97 Å². The number of anilines is 1. The van der Waals surface area contributed by atoms with Gasteiger partial charge >= 0.3 is 11.9 Å². The number of benzene rings is 3. The van der Waals surface area contributed by atoms with Crippen molar-refractivity contribution < 1.29 is 29.3 Å². The van der Waals surface area contributed by atoms with E-state index in [1.54, 1.807) is 24.3 Å². The number of rotatable bonds is 6. The first-order chi connectivity index (χ1) is 19.4. The van der Waals surface area contributed by atoms with Crippen molar-refractivity contribution in [1.82, 2.24) is 9.97 Å². The van der Waals surface area contributed by atoms with Crippen molar-refractivity contribution in [3.05, 3.63) is 94.1 Å². The summed E-state index contributed by atoms with van der Waals surface area (Å²) in [6.45, 7) is 10.3. The fourth-order valence-corrected chi connectivity index (χ4v) is 5.15. The largest absolute Gasteiger partial charge is 0.507 e. The smallest absolute Gasteiger partial charge is 0.335 e. The number of imidazole rings is 1. The summed E-state index contributed by atoms with van der Waals surface area (Å²) in [6, 6.07) is 15.9. The van der Waals surface area contributed by atoms with Gasteiger partial charge in [0.05, 0.1) is 34.8 Å². The molecule has 1 unspecified atom stereocenters. The van der Waals surface area contributed by atoms with Gasteiger partial charge in [0.2, 0.25) is 5.95 Å². The Balaban J connectivity index is 1.72. The number of hydrogen-bond acceptors (Lipinski definition) is 6. The molecule has 1 saturated heterocycles. The summed E-state index contributed by atoms with van der Waals surface area (Å²) < 4.78 is 5.82. The lowest BCUT2D eigenvalue weighted by atomic mass is 9.84. The molecule has 9 heteroatoms. The molecule has 0 saturated carbocycles. The number of carboxylic acid groups (broad SMARTS) is 1. The normalized spacial score (nSPS) is 16.9. The minimum Gasteiger partial charge on any atom is -0.507 e. The number of carbonyl (C=O) groups excluding carboxylic acids is 2. The first-order valence-electron chi connectivity index (χ1n) is 13.3. The van der Waals surface area contributed by atoms with Gasteiger partial charge in [-0.2, -0.15) is 0 Å². The number of ketones is 1. The number of carbonyl (C=O) groups is 3. The van der Waals surface area contributed by atoms with Gasteiger partial charge in [-0.3, -0.25) is 14.5 Å². The van der Waals surface area contributed by atoms with Crippen LogP contribution in [-0.2, 0) is 15.0 Å². The molecule has 3 aromatic carbocycles. The van der Waals surface area contributed by atoms with E-state index >= 15 is 0 Å². The summed E-state index contributed by atoms with van der Waals surface area (Å²) in [4.78, 5) is 47.4. The number of fused-ring (bicyclic) bond motifs is 1. The molecule has 1 aliphatic rings. The van der Waals surface area contributed by atoms with Crippen molar-refractivity contribution in [1.29, 1.82) is 0 Å². The summed E-state index contributed by atoms with van der Waals surface area (Å²) in [7, 11) is 0. The molecule has 1 aromatic heterocycles. The minimum atomic E-state index is -1.10. The van der Waals surface area contributed by atoms with Crippen molar-refractivity contribution in [2.75, 3.05) is 11.5 Å². The lowest BCUT2D eigenvalue weighted by molar-refractivity contribution is -0.132. The van der Waals surface area contributed by atoms with Crippen LogP contribution in [0, 0.1) is 6.92 Å². The van der Waals surface area contributed by atoms with Crippen LogP contribution in [0.1, 0.15) is 66.3 Å². The van der Waals surface area contributed by atoms with Crippen LogP contribution in [0.5, 0.6) is 5.75 Å². The van der Waals surface area contributed by atoms with E-state index in [0.717, 1.165) is 11.1 Å². The van der Waals surface area contributed by atoms with Gasteiger partial charge in [0, 0.05) is 11.1 Å². The molecular weight excluding hydrogens is 522 g/mol. The van der Waals surface area contributed by atoms with Crippen LogP contribution in [0.15, 0.2) is 66.2 Å². The lowest BCUT2D eigenvalue weighted by Crippen LogP contribution is -2.30. The van der Waals surface area contributed by atoms with E-state index in [1.807, 2.05) is 52.8 Å². The van der Waals surface area contributed by atoms with Gasteiger partial charge in [-0.25, -0.2) is 9.78 Å². The Labute approximate surface area is 237 Å². The predicted octanol–water partition coefficient (Wildman–Crippen LogP) is 5.89. The van der Waals surface area contributed by atoms with E-state index in [9.17, 15) is 24.6 Å². The van der Waals surface area contributed by atoms with Crippen LogP contribution in [0.25, 0.3) is 16.8 Å². The molecule has 1 aliphatic heterocycles. The SMILES string of the molecule is CCOc1ccc(/C(O)=C2\C(=O)C(=O)N(c3nc4ccc(C(=O)O)cc4[nH]3)C2c2cccc(C)c2)cc1C(C)(C)C. The minimum absolute atomic E-state index is 0.0511. The number of carboxylic acids is 1. The number of ether oxygens (including phenoxy) is 1. The molecule has 1 amide bonds. The maximum atomic E-state index is 13.6. The van der Waals surface area contributed by atoms with Crippen molar-refractivity contribution in [2.24, 2.45) is 0 Å². The van der Waals surface area contributed by atoms with Crippen LogP contribution < -0.4 is 9.64 Å². The third-order valence-corrected chi connectivity index (χ3v) is 7.11. The first kappa shape index (κ1) is 27.6. The fourth-order valence-electron chi connectivity index (χ4n) is 5.15. The number of H-pyrrole nitrogens is 1. The van der Waals surface area contributed by atoms with E-state index in [4.69, 9.17) is 4.74 Å². The summed E-state index contributed by atoms with van der Waals surface area (Å²) in [5.41, 5.74) is 3.21. The second-order valence-electron chi connectivity index (χ2n) is 11.1. The number of aliphatic hydroxyl groups excluding tert-OH is 1. The number of amides is 1. The van der Waals surface area contributed by atoms with Gasteiger partial charge in [-0.15, -0.1) is 0 Å². The zero-order valence-electron chi connectivity index (χ0n) is 23.5. The number of nitrogens with zero attached hydrogens (tertiary/aromatic N) is 2. The van der Waals surface area contributed by atoms with Crippen molar-refractivity contribution in [3.8, 4) is 5.75 Å². The third kappa shape index (κ3) is 4.95. The van der Waals surface area contributed by atoms with Gasteiger partial charge < -0.3 is 19.9 Å². The number of aryl methyl sites for hydroxylation is 1. The second-order valence-corrected chi connectivity index (χ2v) is 11.1. The Morgan fingerprint density at radius 3 is 2.41 bits per heavy atom. The lowest BCUT2D eigenvalue weighted by Gasteiger charge is -2.25. The van der Waals surface area contributed by atoms with Gasteiger partial charge in [-0.05, 0) is 61.2 Å². The van der Waals surface area contributed by atoms with Crippen LogP contribution in [0.3, 0.4) is 0 Å². The third-order valence-electron chi connectivity index (χ3n) is 7.11. The number of aromatic nitrogens is 2. The van der Waals surface area contributed by atoms with Crippen LogP contribution in [0.4, 0.5) is 5.95 Å². The molecule has 4 aromatic rings. The molecular formula is C32H31N3O6. The van der Waals surface area contributed by atoms with Crippen molar-refractivity contribution in [3.63, 3.8) is 0 Å². The highest BCUT2D eigenvalue weighted by molar-refractivity contribution is 6.51. The second kappa shape index (κ2) is 10.2. The van der Waals surface area contributed by atoms with E-state index < -0.39 is 23.7 Å². The standard InChI is InChI=1S/C32H31N3O6/c1-6-41-24-13-11-19(15-21(24)32(3,4)5)27(36)25-26(18-9-7-8-17(2)14-18)35(29(38)28(25)37)31-33-22-12-10-20(30(39)40)16-23(22)34-31/h7-16,26,36H,6H2,1-5H3,(H,33,34)(H,39,40)/b27-25+. The average molecular weight is 554 g/mol. The highest BCUT2D eigenvalue weighted by Gasteiger charge is 2.48. The molecule has 3 N–H and O–H groups in total. The van der Waals surface area contributed by atoms with Gasteiger partial charge in [0.1, 0.15) is 11.5 Å². The van der Waals surface area contributed by atoms with E-state index in [0.29, 0.717) is 34.5 Å². The summed E-state index contributed by atoms with van der Waals surface area (Å²) >= 11 is 0. The summed E-state index contributed by atoms with van der Waals surface area (Å²) in [5.74, 6) is -2.39. The molecule has 1 fully saturated rings. The Hall–Kier alpha value is -4.92. The number of aliphatic hydroxyl groups is 1. The number of aromatic carboxylic acids is 1. The van der Waals surface area contributed by atoms with Crippen LogP contribution >= 0.6 is 0 Å². The maximum Gasteiger partial charge on any atom is 0.335 e. The zero-order chi connectivity index (χ0) is 29.6. The highest BCUT2D eigenvalue weighted by Crippen LogP contribution is 2.43. The molecule has 0 radical (unpaired) electrons. The van der Waals surface area contributed by atoms with Crippen molar-refractivity contribution in [2.45, 2.75) is 46.1 Å². The summed E-state index contributed by atoms with van der Waals surface area (Å²) in [6.07, 6.45) is 0. The predicted molar refractivity (Wildman–Crippen MR) is 155 cm³/mol. The first-order valence-corrected chi connectivity index (χ1v) is 13.3. The van der Waals surface area contributed by atoms with Gasteiger partial charge in [0.15, 0.2) is 0 Å². The zero-order valence-corrected chi connectivity index (χ0v) is 23.5. The molecule has 5 rings (SSSR count). The van der Waals surface area contributed by atoms with Crippen LogP contribution in [0.2, 0.25) is 0 Å². The van der Waals surface area contributed by atoms with E-state index in [-0.39, 0.29) is 28.3 Å². The van der Waals surface area contributed by atoms with Crippen LogP contribution in [-0.4, -0.2) is 44.4 Å². The number of aromatic amines is 1. The van der Waals surface area contributed by atoms with Gasteiger partial charge in [0.25, 0.3) is 5.78 Å². The van der Waals surface area contributed by atoms with Gasteiger partial charge in [-0.1, -0.05) is 50.6 Å². The molecule has 0 aliphatic carbocycles. The Morgan fingerprint density at radius 2 is 1.76 bits per heavy atom. The Morgan fingerprint density at radius 1 is 1.02 bits per heavy atom. The Bertz CT molecular complexity index is 1740. The molecule has 0 bridgehead atoms. The average Bonchev–Trinajstić information content (AvgIpc) is 3.45. The fraction of sp³-hybridized carbons (Fsp3) is 0.250.